The summed E-state index contributed by atoms with van der Waals surface area (Å²) < 4.78 is 0. The molecule has 18 heavy (non-hydrogen) atoms. The molecule has 2 rings (SSSR count). The van der Waals surface area contributed by atoms with Gasteiger partial charge in [0.2, 0.25) is 5.91 Å². The first-order valence-corrected chi connectivity index (χ1v) is 6.22. The predicted molar refractivity (Wildman–Crippen MR) is 70.0 cm³/mol. The largest absolute Gasteiger partial charge is 0.339 e. The fourth-order valence-corrected chi connectivity index (χ4v) is 2.30. The second kappa shape index (κ2) is 5.93. The van der Waals surface area contributed by atoms with Crippen LogP contribution in [0, 0.1) is 0 Å². The quantitative estimate of drug-likeness (QED) is 0.811. The van der Waals surface area contributed by atoms with Crippen LogP contribution in [-0.4, -0.2) is 60.5 Å². The Morgan fingerprint density at radius 1 is 1.56 bits per heavy atom. The van der Waals surface area contributed by atoms with Crippen LogP contribution >= 0.6 is 0 Å². The fourth-order valence-electron chi connectivity index (χ4n) is 2.30. The number of rotatable bonds is 4. The van der Waals surface area contributed by atoms with Crippen molar-refractivity contribution >= 4 is 5.91 Å². The summed E-state index contributed by atoms with van der Waals surface area (Å²) >= 11 is 0. The van der Waals surface area contributed by atoms with Gasteiger partial charge in [-0.1, -0.05) is 6.07 Å². The highest BCUT2D eigenvalue weighted by atomic mass is 16.2. The van der Waals surface area contributed by atoms with Crippen molar-refractivity contribution in [1.82, 2.24) is 20.1 Å². The van der Waals surface area contributed by atoms with Crippen LogP contribution in [0.2, 0.25) is 0 Å². The van der Waals surface area contributed by atoms with E-state index in [1.165, 1.54) is 0 Å². The van der Waals surface area contributed by atoms with E-state index in [1.807, 2.05) is 37.3 Å². The molecule has 0 saturated carbocycles. The molecule has 1 aromatic rings. The number of carbonyl (C=O) groups excluding carboxylic acids is 1. The van der Waals surface area contributed by atoms with E-state index < -0.39 is 0 Å². The molecule has 0 bridgehead atoms. The number of aromatic nitrogens is 1. The highest BCUT2D eigenvalue weighted by molar-refractivity contribution is 5.79. The van der Waals surface area contributed by atoms with Crippen LogP contribution in [0.5, 0.6) is 0 Å². The van der Waals surface area contributed by atoms with Crippen molar-refractivity contribution in [1.29, 1.82) is 0 Å². The lowest BCUT2D eigenvalue weighted by Gasteiger charge is -2.39. The van der Waals surface area contributed by atoms with Gasteiger partial charge < -0.3 is 10.2 Å². The molecule has 0 aromatic carbocycles. The Kier molecular flexibility index (Phi) is 4.28. The van der Waals surface area contributed by atoms with Crippen molar-refractivity contribution in [2.45, 2.75) is 12.6 Å². The third kappa shape index (κ3) is 3.05. The van der Waals surface area contributed by atoms with Gasteiger partial charge in [-0.05, 0) is 18.7 Å². The van der Waals surface area contributed by atoms with Crippen molar-refractivity contribution < 1.29 is 4.79 Å². The van der Waals surface area contributed by atoms with Gasteiger partial charge in [0.1, 0.15) is 0 Å². The molecule has 1 N–H and O–H groups in total. The average Bonchev–Trinajstić information content (AvgIpc) is 2.37. The van der Waals surface area contributed by atoms with Crippen molar-refractivity contribution in [2.24, 2.45) is 0 Å². The summed E-state index contributed by atoms with van der Waals surface area (Å²) in [4.78, 5) is 20.1. The van der Waals surface area contributed by atoms with Crippen molar-refractivity contribution in [3.63, 3.8) is 0 Å². The van der Waals surface area contributed by atoms with E-state index in [0.29, 0.717) is 6.54 Å². The van der Waals surface area contributed by atoms with Crippen LogP contribution in [0.15, 0.2) is 24.5 Å². The highest BCUT2D eigenvalue weighted by Gasteiger charge is 2.29. The third-order valence-corrected chi connectivity index (χ3v) is 3.34. The molecule has 1 unspecified atom stereocenters. The maximum absolute atomic E-state index is 11.9. The fraction of sp³-hybridized carbons (Fsp3) is 0.538. The van der Waals surface area contributed by atoms with E-state index in [2.05, 4.69) is 15.2 Å². The molecule has 1 saturated heterocycles. The summed E-state index contributed by atoms with van der Waals surface area (Å²) in [6.07, 6.45) is 3.62. The van der Waals surface area contributed by atoms with E-state index in [0.717, 1.165) is 25.2 Å². The van der Waals surface area contributed by atoms with Crippen LogP contribution in [0.1, 0.15) is 5.56 Å². The summed E-state index contributed by atoms with van der Waals surface area (Å²) in [5, 5.41) is 3.14. The van der Waals surface area contributed by atoms with Gasteiger partial charge in [-0.2, -0.15) is 0 Å². The Morgan fingerprint density at radius 3 is 3.06 bits per heavy atom. The number of piperazine rings is 1. The molecule has 1 aliphatic rings. The normalized spacial score (nSPS) is 21.3. The minimum Gasteiger partial charge on any atom is -0.339 e. The number of hydrogen-bond donors (Lipinski definition) is 1. The van der Waals surface area contributed by atoms with Crippen LogP contribution in [0.4, 0.5) is 0 Å². The molecule has 0 spiro atoms. The van der Waals surface area contributed by atoms with E-state index in [4.69, 9.17) is 0 Å². The Labute approximate surface area is 108 Å². The van der Waals surface area contributed by atoms with E-state index >= 15 is 0 Å². The smallest absolute Gasteiger partial charge is 0.236 e. The zero-order chi connectivity index (χ0) is 13.0. The maximum Gasteiger partial charge on any atom is 0.236 e. The molecule has 1 atom stereocenters. The van der Waals surface area contributed by atoms with Gasteiger partial charge in [-0.3, -0.25) is 14.7 Å². The van der Waals surface area contributed by atoms with Gasteiger partial charge in [0.15, 0.2) is 0 Å². The summed E-state index contributed by atoms with van der Waals surface area (Å²) in [6.45, 7) is 3.00. The van der Waals surface area contributed by atoms with Crippen LogP contribution in [0.25, 0.3) is 0 Å². The molecule has 1 amide bonds. The van der Waals surface area contributed by atoms with E-state index in [1.54, 1.807) is 6.20 Å². The molecule has 5 nitrogen and oxygen atoms in total. The summed E-state index contributed by atoms with van der Waals surface area (Å²) in [6, 6.07) is 4.22. The summed E-state index contributed by atoms with van der Waals surface area (Å²) in [5.74, 6) is 0.186. The molecule has 2 heterocycles. The first-order valence-electron chi connectivity index (χ1n) is 6.22. The van der Waals surface area contributed by atoms with Gasteiger partial charge in [-0.15, -0.1) is 0 Å². The Bertz CT molecular complexity index is 395. The van der Waals surface area contributed by atoms with Gasteiger partial charge >= 0.3 is 0 Å². The van der Waals surface area contributed by atoms with Gasteiger partial charge in [0.05, 0.1) is 12.6 Å². The molecular formula is C13H20N4O. The standard InChI is InChI=1S/C13H20N4O/c1-14-7-12-9-17(10-13(18)16(12)2)8-11-4-3-5-15-6-11/h3-6,12,14H,7-10H2,1-2H3. The number of pyridine rings is 1. The van der Waals surface area contributed by atoms with E-state index in [9.17, 15) is 4.79 Å². The maximum atomic E-state index is 11.9. The minimum atomic E-state index is 0.186. The van der Waals surface area contributed by atoms with Crippen LogP contribution in [0.3, 0.4) is 0 Å². The second-order valence-electron chi connectivity index (χ2n) is 4.75. The minimum absolute atomic E-state index is 0.186. The van der Waals surface area contributed by atoms with Gasteiger partial charge in [-0.25, -0.2) is 0 Å². The number of hydrogen-bond acceptors (Lipinski definition) is 4. The Balaban J connectivity index is 1.99. The van der Waals surface area contributed by atoms with Crippen molar-refractivity contribution in [2.75, 3.05) is 33.7 Å². The molecule has 98 valence electrons. The first kappa shape index (κ1) is 13.0. The lowest BCUT2D eigenvalue weighted by atomic mass is 10.1. The lowest BCUT2D eigenvalue weighted by Crippen LogP contribution is -2.57. The number of carbonyl (C=O) groups is 1. The molecule has 1 aromatic heterocycles. The molecule has 5 heteroatoms. The number of nitrogens with one attached hydrogen (secondary N) is 1. The number of amides is 1. The Hall–Kier alpha value is -1.46. The lowest BCUT2D eigenvalue weighted by molar-refractivity contribution is -0.138. The van der Waals surface area contributed by atoms with Gasteiger partial charge in [0.25, 0.3) is 0 Å². The van der Waals surface area contributed by atoms with Crippen LogP contribution in [-0.2, 0) is 11.3 Å². The van der Waals surface area contributed by atoms with Crippen molar-refractivity contribution in [3.8, 4) is 0 Å². The van der Waals surface area contributed by atoms with Crippen molar-refractivity contribution in [3.05, 3.63) is 30.1 Å². The zero-order valence-corrected chi connectivity index (χ0v) is 11.0. The molecular weight excluding hydrogens is 228 g/mol. The monoisotopic (exact) mass is 248 g/mol. The Morgan fingerprint density at radius 2 is 2.39 bits per heavy atom. The first-order chi connectivity index (χ1) is 8.70. The second-order valence-corrected chi connectivity index (χ2v) is 4.75. The van der Waals surface area contributed by atoms with Gasteiger partial charge in [0, 0.05) is 39.1 Å². The highest BCUT2D eigenvalue weighted by Crippen LogP contribution is 2.11. The molecule has 1 aliphatic heterocycles. The average molecular weight is 248 g/mol. The molecule has 1 fully saturated rings. The number of likely N-dealkylation sites (N-methyl/N-ethyl adjacent to an activating group) is 2. The van der Waals surface area contributed by atoms with E-state index in [-0.39, 0.29) is 11.9 Å². The number of nitrogens with zero attached hydrogens (tertiary/aromatic N) is 3. The third-order valence-electron chi connectivity index (χ3n) is 3.34. The zero-order valence-electron chi connectivity index (χ0n) is 11.0. The summed E-state index contributed by atoms with van der Waals surface area (Å²) in [5.41, 5.74) is 1.15. The molecule has 0 aliphatic carbocycles. The van der Waals surface area contributed by atoms with Crippen LogP contribution < -0.4 is 5.32 Å². The predicted octanol–water partition coefficient (Wildman–Crippen LogP) is -0.0564. The topological polar surface area (TPSA) is 48.5 Å². The summed E-state index contributed by atoms with van der Waals surface area (Å²) in [7, 11) is 3.80. The SMILES string of the molecule is CNCC1CN(Cc2cccnc2)CC(=O)N1C. The molecule has 0 radical (unpaired) electrons.